The Kier molecular flexibility index (Phi) is 12.5. The second-order valence-electron chi connectivity index (χ2n) is 9.41. The number of unbranched alkanes of at least 4 members (excludes halogenated alkanes) is 4. The van der Waals surface area contributed by atoms with Crippen molar-refractivity contribution in [2.24, 2.45) is 0 Å². The second kappa shape index (κ2) is 15.3. The highest BCUT2D eigenvalue weighted by molar-refractivity contribution is 5.76. The SMILES string of the molecule is CCCCCCCC(=O)N(C)Cc1cccc(-c2ccc(CCC(=O)O)cc2OCCCC(F)(F)F)c1. The molecule has 0 radical (unpaired) electrons. The van der Waals surface area contributed by atoms with Crippen molar-refractivity contribution in [1.29, 1.82) is 0 Å². The summed E-state index contributed by atoms with van der Waals surface area (Å²) in [4.78, 5) is 25.2. The van der Waals surface area contributed by atoms with Crippen LogP contribution in [0.15, 0.2) is 42.5 Å². The number of carboxylic acid groups (broad SMARTS) is 1. The quantitative estimate of drug-likeness (QED) is 0.234. The zero-order chi connectivity index (χ0) is 27.3. The van der Waals surface area contributed by atoms with E-state index in [-0.39, 0.29) is 25.4 Å². The van der Waals surface area contributed by atoms with E-state index in [1.54, 1.807) is 24.1 Å². The van der Waals surface area contributed by atoms with Crippen molar-refractivity contribution in [2.75, 3.05) is 13.7 Å². The Morgan fingerprint density at radius 2 is 1.70 bits per heavy atom. The lowest BCUT2D eigenvalue weighted by Crippen LogP contribution is -2.25. The number of carbonyl (C=O) groups excluding carboxylic acids is 1. The van der Waals surface area contributed by atoms with Gasteiger partial charge < -0.3 is 14.7 Å². The molecule has 1 N–H and O–H groups in total. The zero-order valence-corrected chi connectivity index (χ0v) is 21.8. The van der Waals surface area contributed by atoms with Gasteiger partial charge in [-0.2, -0.15) is 13.2 Å². The van der Waals surface area contributed by atoms with Gasteiger partial charge in [-0.3, -0.25) is 9.59 Å². The van der Waals surface area contributed by atoms with Gasteiger partial charge in [-0.25, -0.2) is 0 Å². The van der Waals surface area contributed by atoms with Crippen molar-refractivity contribution in [3.8, 4) is 16.9 Å². The standard InChI is InChI=1S/C29H38F3NO4/c1-3-4-5-6-7-12-27(34)33(2)21-23-10-8-11-24(19-23)25-15-13-22(14-16-28(35)36)20-26(25)37-18-9-17-29(30,31)32/h8,10-11,13,15,19-20H,3-7,9,12,14,16-18,21H2,1-2H3,(H,35,36). The average molecular weight is 522 g/mol. The number of carboxylic acids is 1. The molecule has 8 heteroatoms. The minimum absolute atomic E-state index is 0.0543. The highest BCUT2D eigenvalue weighted by Gasteiger charge is 2.26. The van der Waals surface area contributed by atoms with E-state index in [1.165, 1.54) is 6.42 Å². The fraction of sp³-hybridized carbons (Fsp3) is 0.517. The molecule has 1 amide bonds. The number of aliphatic carboxylic acids is 1. The van der Waals surface area contributed by atoms with E-state index in [1.807, 2.05) is 30.3 Å². The molecule has 0 aliphatic rings. The van der Waals surface area contributed by atoms with Gasteiger partial charge in [0.05, 0.1) is 6.61 Å². The van der Waals surface area contributed by atoms with Crippen LogP contribution in [-0.2, 0) is 22.6 Å². The van der Waals surface area contributed by atoms with Crippen LogP contribution in [0.4, 0.5) is 13.2 Å². The maximum absolute atomic E-state index is 12.6. The molecule has 0 spiro atoms. The van der Waals surface area contributed by atoms with Crippen LogP contribution in [0.1, 0.15) is 75.8 Å². The van der Waals surface area contributed by atoms with Gasteiger partial charge >= 0.3 is 12.1 Å². The van der Waals surface area contributed by atoms with Gasteiger partial charge in [-0.05, 0) is 48.1 Å². The Balaban J connectivity index is 2.13. The predicted octanol–water partition coefficient (Wildman–Crippen LogP) is 7.41. The van der Waals surface area contributed by atoms with Crippen molar-refractivity contribution < 1.29 is 32.6 Å². The molecular weight excluding hydrogens is 483 g/mol. The number of hydrogen-bond donors (Lipinski definition) is 1. The summed E-state index contributed by atoms with van der Waals surface area (Å²) in [5, 5.41) is 8.98. The lowest BCUT2D eigenvalue weighted by atomic mass is 9.99. The van der Waals surface area contributed by atoms with Crippen LogP contribution >= 0.6 is 0 Å². The minimum atomic E-state index is -4.25. The van der Waals surface area contributed by atoms with Crippen molar-refractivity contribution in [1.82, 2.24) is 4.90 Å². The van der Waals surface area contributed by atoms with E-state index in [4.69, 9.17) is 9.84 Å². The number of benzene rings is 2. The van der Waals surface area contributed by atoms with Crippen LogP contribution < -0.4 is 4.74 Å². The van der Waals surface area contributed by atoms with E-state index >= 15 is 0 Å². The highest BCUT2D eigenvalue weighted by atomic mass is 19.4. The van der Waals surface area contributed by atoms with E-state index in [2.05, 4.69) is 6.92 Å². The van der Waals surface area contributed by atoms with Crippen molar-refractivity contribution in [3.63, 3.8) is 0 Å². The fourth-order valence-electron chi connectivity index (χ4n) is 4.06. The lowest BCUT2D eigenvalue weighted by Gasteiger charge is -2.19. The Morgan fingerprint density at radius 3 is 2.41 bits per heavy atom. The van der Waals surface area contributed by atoms with Crippen molar-refractivity contribution in [2.45, 2.75) is 83.9 Å². The molecule has 0 heterocycles. The summed E-state index contributed by atoms with van der Waals surface area (Å²) in [5.74, 6) is -0.416. The topological polar surface area (TPSA) is 66.8 Å². The van der Waals surface area contributed by atoms with E-state index in [9.17, 15) is 22.8 Å². The van der Waals surface area contributed by atoms with Gasteiger partial charge in [-0.15, -0.1) is 0 Å². The Hall–Kier alpha value is -3.03. The monoisotopic (exact) mass is 521 g/mol. The third kappa shape index (κ3) is 11.7. The van der Waals surface area contributed by atoms with Gasteiger partial charge in [0.1, 0.15) is 5.75 Å². The summed E-state index contributed by atoms with van der Waals surface area (Å²) in [6, 6.07) is 12.9. The molecule has 2 aromatic rings. The molecule has 0 aliphatic heterocycles. The van der Waals surface area contributed by atoms with Crippen LogP contribution in [0.5, 0.6) is 5.75 Å². The molecule has 0 unspecified atom stereocenters. The summed E-state index contributed by atoms with van der Waals surface area (Å²) in [6.45, 7) is 2.49. The summed E-state index contributed by atoms with van der Waals surface area (Å²) in [5.41, 5.74) is 3.18. The Labute approximate surface area is 217 Å². The largest absolute Gasteiger partial charge is 0.493 e. The van der Waals surface area contributed by atoms with Crippen LogP contribution in [0.2, 0.25) is 0 Å². The summed E-state index contributed by atoms with van der Waals surface area (Å²) >= 11 is 0. The number of ether oxygens (including phenoxy) is 1. The summed E-state index contributed by atoms with van der Waals surface area (Å²) in [6.07, 6.45) is 0.830. The van der Waals surface area contributed by atoms with Crippen LogP contribution in [0.3, 0.4) is 0 Å². The first kappa shape index (κ1) is 30.2. The minimum Gasteiger partial charge on any atom is -0.493 e. The smallest absolute Gasteiger partial charge is 0.389 e. The molecular formula is C29H38F3NO4. The molecule has 204 valence electrons. The molecule has 0 saturated carbocycles. The highest BCUT2D eigenvalue weighted by Crippen LogP contribution is 2.33. The predicted molar refractivity (Wildman–Crippen MR) is 138 cm³/mol. The first-order valence-corrected chi connectivity index (χ1v) is 13.0. The van der Waals surface area contributed by atoms with Crippen LogP contribution in [-0.4, -0.2) is 41.7 Å². The third-order valence-electron chi connectivity index (χ3n) is 6.11. The number of carbonyl (C=O) groups is 2. The number of rotatable bonds is 16. The number of hydrogen-bond acceptors (Lipinski definition) is 3. The molecule has 5 nitrogen and oxygen atoms in total. The van der Waals surface area contributed by atoms with Gasteiger partial charge in [0.25, 0.3) is 0 Å². The summed E-state index contributed by atoms with van der Waals surface area (Å²) in [7, 11) is 1.79. The number of halogens is 3. The maximum Gasteiger partial charge on any atom is 0.389 e. The lowest BCUT2D eigenvalue weighted by molar-refractivity contribution is -0.137. The maximum atomic E-state index is 12.6. The number of amides is 1. The van der Waals surface area contributed by atoms with Crippen molar-refractivity contribution in [3.05, 3.63) is 53.6 Å². The first-order valence-electron chi connectivity index (χ1n) is 13.0. The molecule has 0 bridgehead atoms. The molecule has 2 rings (SSSR count). The second-order valence-corrected chi connectivity index (χ2v) is 9.41. The molecule has 0 fully saturated rings. The molecule has 0 atom stereocenters. The molecule has 2 aromatic carbocycles. The zero-order valence-electron chi connectivity index (χ0n) is 21.8. The third-order valence-corrected chi connectivity index (χ3v) is 6.11. The van der Waals surface area contributed by atoms with Crippen LogP contribution in [0.25, 0.3) is 11.1 Å². The molecule has 37 heavy (non-hydrogen) atoms. The van der Waals surface area contributed by atoms with Gasteiger partial charge in [-0.1, -0.05) is 62.9 Å². The molecule has 0 aromatic heterocycles. The normalized spacial score (nSPS) is 11.4. The average Bonchev–Trinajstić information content (AvgIpc) is 2.84. The number of alkyl halides is 3. The fourth-order valence-corrected chi connectivity index (χ4v) is 4.06. The number of aryl methyl sites for hydroxylation is 1. The Morgan fingerprint density at radius 1 is 0.946 bits per heavy atom. The first-order chi connectivity index (χ1) is 17.6. The van der Waals surface area contributed by atoms with E-state index < -0.39 is 18.6 Å². The Bertz CT molecular complexity index is 1010. The van der Waals surface area contributed by atoms with Gasteiger partial charge in [0.2, 0.25) is 5.91 Å². The van der Waals surface area contributed by atoms with Crippen molar-refractivity contribution >= 4 is 11.9 Å². The summed E-state index contributed by atoms with van der Waals surface area (Å²) < 4.78 is 43.4. The molecule has 0 aliphatic carbocycles. The number of nitrogens with zero attached hydrogens (tertiary/aromatic N) is 1. The molecule has 0 saturated heterocycles. The van der Waals surface area contributed by atoms with Gasteiger partial charge in [0, 0.05) is 38.4 Å². The van der Waals surface area contributed by atoms with Crippen LogP contribution in [0, 0.1) is 0 Å². The van der Waals surface area contributed by atoms with Gasteiger partial charge in [0.15, 0.2) is 0 Å². The van der Waals surface area contributed by atoms with E-state index in [0.29, 0.717) is 30.7 Å². The van der Waals surface area contributed by atoms with E-state index in [0.717, 1.165) is 42.4 Å².